The normalized spacial score (nSPS) is 13.2. The second-order valence-corrected chi connectivity index (χ2v) is 8.45. The number of halogens is 3. The van der Waals surface area contributed by atoms with Crippen molar-refractivity contribution < 1.29 is 17.7 Å². The van der Waals surface area contributed by atoms with E-state index in [4.69, 9.17) is 4.52 Å². The molecular formula is C14H11F3N4OS3. The third-order valence-electron chi connectivity index (χ3n) is 3.08. The highest BCUT2D eigenvalue weighted by atomic mass is 32.2. The van der Waals surface area contributed by atoms with Crippen LogP contribution in [0.1, 0.15) is 23.6 Å². The van der Waals surface area contributed by atoms with Gasteiger partial charge in [-0.1, -0.05) is 52.1 Å². The molecule has 2 aromatic heterocycles. The third kappa shape index (κ3) is 4.33. The monoisotopic (exact) mass is 404 g/mol. The highest BCUT2D eigenvalue weighted by Crippen LogP contribution is 2.38. The lowest BCUT2D eigenvalue weighted by atomic mass is 10.1. The molecule has 132 valence electrons. The number of thioether (sulfide) groups is 2. The van der Waals surface area contributed by atoms with Crippen molar-refractivity contribution >= 4 is 34.9 Å². The lowest BCUT2D eigenvalue weighted by molar-refractivity contribution is -0.137. The first-order chi connectivity index (χ1) is 11.9. The predicted molar refractivity (Wildman–Crippen MR) is 90.7 cm³/mol. The molecule has 0 aliphatic heterocycles. The Hall–Kier alpha value is -1.59. The Balaban J connectivity index is 1.78. The molecular weight excluding hydrogens is 393 g/mol. The van der Waals surface area contributed by atoms with E-state index in [1.807, 2.05) is 13.2 Å². The van der Waals surface area contributed by atoms with Crippen molar-refractivity contribution in [2.45, 2.75) is 27.0 Å². The lowest BCUT2D eigenvalue weighted by Gasteiger charge is -2.06. The Labute approximate surface area is 153 Å². The summed E-state index contributed by atoms with van der Waals surface area (Å²) >= 11 is 4.36. The molecule has 1 aromatic carbocycles. The Bertz CT molecular complexity index is 865. The molecule has 25 heavy (non-hydrogen) atoms. The molecule has 1 atom stereocenters. The van der Waals surface area contributed by atoms with Crippen LogP contribution in [0.4, 0.5) is 13.2 Å². The number of rotatable bonds is 5. The Morgan fingerprint density at radius 3 is 2.64 bits per heavy atom. The molecule has 0 saturated heterocycles. The van der Waals surface area contributed by atoms with Crippen LogP contribution >= 0.6 is 34.9 Å². The molecule has 1 unspecified atom stereocenters. The molecule has 0 bridgehead atoms. The fourth-order valence-corrected chi connectivity index (χ4v) is 4.49. The minimum atomic E-state index is -4.42. The maximum atomic E-state index is 12.8. The lowest BCUT2D eigenvalue weighted by Crippen LogP contribution is -2.04. The molecule has 0 spiro atoms. The van der Waals surface area contributed by atoms with Gasteiger partial charge in [-0.2, -0.15) is 18.2 Å². The van der Waals surface area contributed by atoms with Crippen LogP contribution < -0.4 is 0 Å². The zero-order chi connectivity index (χ0) is 18.0. The largest absolute Gasteiger partial charge is 0.416 e. The summed E-state index contributed by atoms with van der Waals surface area (Å²) in [6, 6.07) is 4.83. The molecule has 0 N–H and O–H groups in total. The van der Waals surface area contributed by atoms with Crippen molar-refractivity contribution in [1.82, 2.24) is 20.3 Å². The van der Waals surface area contributed by atoms with Gasteiger partial charge in [-0.25, -0.2) is 0 Å². The van der Waals surface area contributed by atoms with Gasteiger partial charge >= 0.3 is 6.18 Å². The van der Waals surface area contributed by atoms with Crippen molar-refractivity contribution in [2.24, 2.45) is 0 Å². The first-order valence-corrected chi connectivity index (χ1v) is 9.84. The summed E-state index contributed by atoms with van der Waals surface area (Å²) < 4.78 is 45.2. The minimum absolute atomic E-state index is 0.121. The zero-order valence-corrected chi connectivity index (χ0v) is 15.4. The fourth-order valence-electron chi connectivity index (χ4n) is 1.88. The highest BCUT2D eigenvalue weighted by molar-refractivity contribution is 8.03. The van der Waals surface area contributed by atoms with Crippen LogP contribution in [0.3, 0.4) is 0 Å². The average Bonchev–Trinajstić information content (AvgIpc) is 3.23. The topological polar surface area (TPSA) is 64.7 Å². The number of nitrogens with zero attached hydrogens (tertiary/aromatic N) is 4. The van der Waals surface area contributed by atoms with Gasteiger partial charge < -0.3 is 4.52 Å². The SMILES string of the molecule is CSc1nnc(SC(C)c2nc(-c3cccc(C(F)(F)F)c3)no2)s1. The van der Waals surface area contributed by atoms with Gasteiger partial charge in [0, 0.05) is 5.56 Å². The molecule has 0 saturated carbocycles. The minimum Gasteiger partial charge on any atom is -0.338 e. The van der Waals surface area contributed by atoms with Gasteiger partial charge in [0.05, 0.1) is 10.8 Å². The predicted octanol–water partition coefficient (Wildman–Crippen LogP) is 5.18. The molecule has 5 nitrogen and oxygen atoms in total. The van der Waals surface area contributed by atoms with Crippen LogP contribution in [-0.2, 0) is 6.18 Å². The van der Waals surface area contributed by atoms with E-state index in [0.717, 1.165) is 20.8 Å². The van der Waals surface area contributed by atoms with Crippen molar-refractivity contribution in [3.8, 4) is 11.4 Å². The molecule has 3 aromatic rings. The first-order valence-electron chi connectivity index (χ1n) is 6.92. The van der Waals surface area contributed by atoms with Crippen LogP contribution in [-0.4, -0.2) is 26.6 Å². The summed E-state index contributed by atoms with van der Waals surface area (Å²) in [6.45, 7) is 1.86. The van der Waals surface area contributed by atoms with E-state index >= 15 is 0 Å². The highest BCUT2D eigenvalue weighted by Gasteiger charge is 2.31. The van der Waals surface area contributed by atoms with E-state index in [2.05, 4.69) is 20.3 Å². The molecule has 0 amide bonds. The Morgan fingerprint density at radius 1 is 1.20 bits per heavy atom. The van der Waals surface area contributed by atoms with E-state index in [9.17, 15) is 13.2 Å². The zero-order valence-electron chi connectivity index (χ0n) is 12.9. The van der Waals surface area contributed by atoms with Gasteiger partial charge in [-0.15, -0.1) is 10.2 Å². The first kappa shape index (κ1) is 18.2. The Morgan fingerprint density at radius 2 is 1.96 bits per heavy atom. The average molecular weight is 404 g/mol. The fraction of sp³-hybridized carbons (Fsp3) is 0.286. The van der Waals surface area contributed by atoms with Crippen LogP contribution in [0.15, 0.2) is 37.5 Å². The number of alkyl halides is 3. The van der Waals surface area contributed by atoms with Crippen molar-refractivity contribution in [1.29, 1.82) is 0 Å². The van der Waals surface area contributed by atoms with Crippen molar-refractivity contribution in [3.05, 3.63) is 35.7 Å². The Kier molecular flexibility index (Phi) is 5.35. The van der Waals surface area contributed by atoms with Gasteiger partial charge in [0.1, 0.15) is 0 Å². The van der Waals surface area contributed by atoms with E-state index in [1.165, 1.54) is 47.0 Å². The second kappa shape index (κ2) is 7.34. The molecule has 2 heterocycles. The third-order valence-corrected chi connectivity index (χ3v) is 6.15. The molecule has 0 aliphatic rings. The van der Waals surface area contributed by atoms with Gasteiger partial charge in [0.15, 0.2) is 8.68 Å². The smallest absolute Gasteiger partial charge is 0.338 e. The number of hydrogen-bond acceptors (Lipinski definition) is 8. The van der Waals surface area contributed by atoms with E-state index in [0.29, 0.717) is 5.89 Å². The molecule has 3 rings (SSSR count). The second-order valence-electron chi connectivity index (χ2n) is 4.83. The van der Waals surface area contributed by atoms with E-state index in [1.54, 1.807) is 0 Å². The maximum absolute atomic E-state index is 12.8. The van der Waals surface area contributed by atoms with Crippen LogP contribution in [0.5, 0.6) is 0 Å². The molecule has 0 radical (unpaired) electrons. The summed E-state index contributed by atoms with van der Waals surface area (Å²) in [5.74, 6) is 0.439. The van der Waals surface area contributed by atoms with E-state index in [-0.39, 0.29) is 16.6 Å². The standard InChI is InChI=1S/C14H11F3N4OS3/c1-7(24-13-20-19-12(23-2)25-13)11-18-10(21-22-11)8-4-3-5-9(6-8)14(15,16)17/h3-7H,1-2H3. The molecule has 0 aliphatic carbocycles. The number of hydrogen-bond donors (Lipinski definition) is 0. The summed E-state index contributed by atoms with van der Waals surface area (Å²) in [5, 5.41) is 11.6. The van der Waals surface area contributed by atoms with Gasteiger partial charge in [0.2, 0.25) is 11.7 Å². The van der Waals surface area contributed by atoms with E-state index < -0.39 is 11.7 Å². The summed E-state index contributed by atoms with van der Waals surface area (Å²) in [7, 11) is 0. The van der Waals surface area contributed by atoms with Crippen molar-refractivity contribution in [3.63, 3.8) is 0 Å². The van der Waals surface area contributed by atoms with Gasteiger partial charge in [0.25, 0.3) is 0 Å². The summed E-state index contributed by atoms with van der Waals surface area (Å²) in [4.78, 5) is 4.21. The van der Waals surface area contributed by atoms with Crippen LogP contribution in [0.25, 0.3) is 11.4 Å². The van der Waals surface area contributed by atoms with Crippen LogP contribution in [0.2, 0.25) is 0 Å². The van der Waals surface area contributed by atoms with Gasteiger partial charge in [-0.3, -0.25) is 0 Å². The molecule has 0 fully saturated rings. The van der Waals surface area contributed by atoms with Gasteiger partial charge in [-0.05, 0) is 25.3 Å². The summed E-state index contributed by atoms with van der Waals surface area (Å²) in [6.07, 6.45) is -2.50. The van der Waals surface area contributed by atoms with Crippen LogP contribution in [0, 0.1) is 0 Å². The molecule has 11 heteroatoms. The van der Waals surface area contributed by atoms with Crippen molar-refractivity contribution in [2.75, 3.05) is 6.26 Å². The maximum Gasteiger partial charge on any atom is 0.416 e. The quantitative estimate of drug-likeness (QED) is 0.543. The number of aromatic nitrogens is 4. The summed E-state index contributed by atoms with van der Waals surface area (Å²) in [5.41, 5.74) is -0.500. The number of benzene rings is 1.